The van der Waals surface area contributed by atoms with Crippen LogP contribution in [0.15, 0.2) is 40.0 Å². The van der Waals surface area contributed by atoms with Crippen LogP contribution in [0.1, 0.15) is 37.4 Å². The minimum atomic E-state index is -3.41. The molecule has 45 heavy (non-hydrogen) atoms. The van der Waals surface area contributed by atoms with E-state index in [0.29, 0.717) is 11.1 Å². The van der Waals surface area contributed by atoms with Gasteiger partial charge in [-0.25, -0.2) is 31.7 Å². The first-order valence-corrected chi connectivity index (χ1v) is 14.8. The van der Waals surface area contributed by atoms with Crippen molar-refractivity contribution in [2.75, 3.05) is 32.8 Å². The lowest BCUT2D eigenvalue weighted by molar-refractivity contribution is -0.202. The third kappa shape index (κ3) is 6.06. The summed E-state index contributed by atoms with van der Waals surface area (Å²) in [6.07, 6.45) is -0.0989. The fraction of sp³-hybridized carbons (Fsp3) is 0.500. The van der Waals surface area contributed by atoms with Gasteiger partial charge in [-0.15, -0.1) is 11.3 Å². The number of amidine groups is 1. The molecule has 2 saturated heterocycles. The fourth-order valence-electron chi connectivity index (χ4n) is 5.49. The number of hydrogen-bond donors (Lipinski definition) is 3. The zero-order valence-electron chi connectivity index (χ0n) is 24.3. The van der Waals surface area contributed by atoms with Crippen molar-refractivity contribution >= 4 is 29.1 Å². The van der Waals surface area contributed by atoms with Gasteiger partial charge in [0.2, 0.25) is 0 Å². The van der Waals surface area contributed by atoms with Crippen LogP contribution in [0.3, 0.4) is 0 Å². The van der Waals surface area contributed by atoms with E-state index < -0.39 is 83.6 Å². The molecule has 0 amide bonds. The number of aliphatic carboxylic acids is 1. The maximum Gasteiger partial charge on any atom is 0.338 e. The van der Waals surface area contributed by atoms with E-state index in [1.807, 2.05) is 0 Å². The maximum absolute atomic E-state index is 15.6. The maximum atomic E-state index is 15.6. The number of carbonyl (C=O) groups is 2. The molecule has 0 spiro atoms. The lowest BCUT2D eigenvalue weighted by atomic mass is 9.86. The molecule has 11 nitrogen and oxygen atoms in total. The quantitative estimate of drug-likeness (QED) is 0.199. The number of likely N-dealkylation sites (tertiary alicyclic amines) is 1. The number of aliphatic hydroxyl groups is 1. The van der Waals surface area contributed by atoms with E-state index in [-0.39, 0.29) is 36.9 Å². The van der Waals surface area contributed by atoms with Gasteiger partial charge in [0.1, 0.15) is 12.1 Å². The summed E-state index contributed by atoms with van der Waals surface area (Å²) in [7, 11) is 0. The molecular formula is C28H30F5N5O6S. The van der Waals surface area contributed by atoms with Gasteiger partial charge in [0, 0.05) is 29.4 Å². The number of carbonyl (C=O) groups excluding carboxylic acids is 1. The summed E-state index contributed by atoms with van der Waals surface area (Å²) in [5, 5.41) is 25.7. The molecule has 0 unspecified atom stereocenters. The SMILES string of the molecule is CCOC(=O)C1=C(CN2CC(F)(F)[C@@H]3[C@H]2CON3C[C@H](O)C(C)(C)C(=O)O)NC(c2nccs2)=N[C@H]1c1ccc(F)c(F)c1F. The van der Waals surface area contributed by atoms with Gasteiger partial charge in [-0.05, 0) is 26.8 Å². The number of hydrogen-bond acceptors (Lipinski definition) is 11. The van der Waals surface area contributed by atoms with Crippen LogP contribution in [-0.2, 0) is 19.2 Å². The number of aliphatic imine (C=N–C) groups is 1. The zero-order chi connectivity index (χ0) is 32.8. The molecule has 0 radical (unpaired) electrons. The molecule has 244 valence electrons. The Hall–Kier alpha value is -3.51. The van der Waals surface area contributed by atoms with E-state index in [2.05, 4.69) is 15.3 Å². The average Bonchev–Trinajstić information content (AvgIpc) is 3.71. The first kappa shape index (κ1) is 32.9. The van der Waals surface area contributed by atoms with Crippen LogP contribution in [0.5, 0.6) is 0 Å². The number of nitrogens with zero attached hydrogens (tertiary/aromatic N) is 4. The number of rotatable bonds is 10. The monoisotopic (exact) mass is 659 g/mol. The molecular weight excluding hydrogens is 629 g/mol. The van der Waals surface area contributed by atoms with Crippen molar-refractivity contribution < 1.29 is 51.3 Å². The van der Waals surface area contributed by atoms with Gasteiger partial charge in [0.15, 0.2) is 28.3 Å². The average molecular weight is 660 g/mol. The number of aliphatic hydroxyl groups excluding tert-OH is 1. The minimum absolute atomic E-state index is 0.00951. The largest absolute Gasteiger partial charge is 0.481 e. The van der Waals surface area contributed by atoms with Gasteiger partial charge in [0.05, 0.1) is 49.4 Å². The number of alkyl halides is 2. The number of β-amino-alcohol motifs (C(OH)–C–C–N with tert-alkyl or cyclic N) is 1. The molecule has 1 aromatic carbocycles. The van der Waals surface area contributed by atoms with E-state index in [1.54, 1.807) is 5.38 Å². The Morgan fingerprint density at radius 1 is 1.27 bits per heavy atom. The summed E-state index contributed by atoms with van der Waals surface area (Å²) >= 11 is 1.13. The van der Waals surface area contributed by atoms with Gasteiger partial charge in [0.25, 0.3) is 5.92 Å². The number of halogens is 5. The second kappa shape index (κ2) is 12.4. The van der Waals surface area contributed by atoms with E-state index in [1.165, 1.54) is 31.9 Å². The number of ether oxygens (including phenoxy) is 1. The standard InChI is InChI=1S/C28H30F5N5O6S/c1-4-43-25(40)18-15(35-23(24-34-7-8-45-24)36-21(18)13-5-6-14(29)20(31)19(13)30)9-37-12-28(32,33)22-16(37)11-44-38(22)10-17(39)27(2,3)26(41)42/h5-8,16-17,21-22,39H,4,9-12H2,1-3H3,(H,35,36)(H,41,42)/t16-,17+,21+,22+/m1/s1. The summed E-state index contributed by atoms with van der Waals surface area (Å²) in [6, 6.07) is -2.50. The Balaban J connectivity index is 1.53. The molecule has 3 aliphatic rings. The summed E-state index contributed by atoms with van der Waals surface area (Å²) < 4.78 is 79.7. The smallest absolute Gasteiger partial charge is 0.338 e. The summed E-state index contributed by atoms with van der Waals surface area (Å²) in [5.74, 6) is -10.5. The van der Waals surface area contributed by atoms with Crippen molar-refractivity contribution in [3.05, 3.63) is 63.0 Å². The lowest BCUT2D eigenvalue weighted by Gasteiger charge is -2.32. The Kier molecular flexibility index (Phi) is 9.02. The predicted molar refractivity (Wildman–Crippen MR) is 149 cm³/mol. The number of carboxylic acids is 1. The van der Waals surface area contributed by atoms with E-state index in [0.717, 1.165) is 22.5 Å². The van der Waals surface area contributed by atoms with Crippen molar-refractivity contribution in [1.29, 1.82) is 0 Å². The predicted octanol–water partition coefficient (Wildman–Crippen LogP) is 2.88. The van der Waals surface area contributed by atoms with Crippen molar-refractivity contribution in [2.45, 2.75) is 50.9 Å². The fourth-order valence-corrected chi connectivity index (χ4v) is 6.08. The van der Waals surface area contributed by atoms with Crippen LogP contribution in [0.25, 0.3) is 0 Å². The highest BCUT2D eigenvalue weighted by Crippen LogP contribution is 2.42. The normalized spacial score (nSPS) is 24.3. The molecule has 0 aliphatic carbocycles. The Labute approximate surface area is 257 Å². The molecule has 17 heteroatoms. The van der Waals surface area contributed by atoms with Crippen LogP contribution < -0.4 is 5.32 Å². The highest BCUT2D eigenvalue weighted by Gasteiger charge is 2.61. The van der Waals surface area contributed by atoms with E-state index >= 15 is 13.2 Å². The molecule has 0 saturated carbocycles. The topological polar surface area (TPSA) is 137 Å². The number of carboxylic acid groups (broad SMARTS) is 1. The van der Waals surface area contributed by atoms with E-state index in [4.69, 9.17) is 9.57 Å². The molecule has 0 bridgehead atoms. The lowest BCUT2D eigenvalue weighted by Crippen LogP contribution is -2.51. The second-order valence-corrected chi connectivity index (χ2v) is 12.2. The highest BCUT2D eigenvalue weighted by atomic mass is 32.1. The third-order valence-corrected chi connectivity index (χ3v) is 8.90. The first-order chi connectivity index (χ1) is 21.2. The van der Waals surface area contributed by atoms with Crippen LogP contribution in [0.4, 0.5) is 22.0 Å². The van der Waals surface area contributed by atoms with Crippen LogP contribution >= 0.6 is 11.3 Å². The van der Waals surface area contributed by atoms with Crippen molar-refractivity contribution in [1.82, 2.24) is 20.3 Å². The molecule has 4 atom stereocenters. The Bertz CT molecular complexity index is 1540. The molecule has 2 fully saturated rings. The van der Waals surface area contributed by atoms with E-state index in [9.17, 15) is 28.6 Å². The first-order valence-electron chi connectivity index (χ1n) is 13.9. The molecule has 5 rings (SSSR count). The van der Waals surface area contributed by atoms with Crippen molar-refractivity contribution in [3.8, 4) is 0 Å². The molecule has 1 aromatic heterocycles. The van der Waals surface area contributed by atoms with Gasteiger partial charge < -0.3 is 20.3 Å². The van der Waals surface area contributed by atoms with Crippen molar-refractivity contribution in [3.63, 3.8) is 0 Å². The number of esters is 1. The zero-order valence-corrected chi connectivity index (χ0v) is 25.1. The van der Waals surface area contributed by atoms with Gasteiger partial charge in [-0.3, -0.25) is 19.5 Å². The Morgan fingerprint density at radius 2 is 2.00 bits per heavy atom. The number of fused-ring (bicyclic) bond motifs is 1. The van der Waals surface area contributed by atoms with Crippen LogP contribution in [0.2, 0.25) is 0 Å². The number of benzene rings is 1. The minimum Gasteiger partial charge on any atom is -0.481 e. The molecule has 2 aromatic rings. The van der Waals surface area contributed by atoms with Crippen molar-refractivity contribution in [2.24, 2.45) is 10.4 Å². The summed E-state index contributed by atoms with van der Waals surface area (Å²) in [5.41, 5.74) is -2.45. The Morgan fingerprint density at radius 3 is 2.64 bits per heavy atom. The van der Waals surface area contributed by atoms with Crippen LogP contribution in [-0.4, -0.2) is 99.9 Å². The summed E-state index contributed by atoms with van der Waals surface area (Å²) in [4.78, 5) is 40.3. The highest BCUT2D eigenvalue weighted by molar-refractivity contribution is 7.11. The van der Waals surface area contributed by atoms with Gasteiger partial charge in [-0.2, -0.15) is 5.06 Å². The van der Waals surface area contributed by atoms with Gasteiger partial charge in [-0.1, -0.05) is 6.07 Å². The number of nitrogens with one attached hydrogen (secondary N) is 1. The number of hydroxylamine groups is 2. The number of thiazole rings is 1. The number of aromatic nitrogens is 1. The third-order valence-electron chi connectivity index (χ3n) is 8.12. The molecule has 3 aliphatic heterocycles. The summed E-state index contributed by atoms with van der Waals surface area (Å²) in [6.45, 7) is 1.97. The van der Waals surface area contributed by atoms with Crippen LogP contribution in [0, 0.1) is 22.9 Å². The van der Waals surface area contributed by atoms with Gasteiger partial charge >= 0.3 is 11.9 Å². The molecule has 3 N–H and O–H groups in total. The molecule has 4 heterocycles. The second-order valence-electron chi connectivity index (χ2n) is 11.3.